The minimum atomic E-state index is -0.313. The molecule has 4 heterocycles. The van der Waals surface area contributed by atoms with E-state index in [0.717, 1.165) is 43.8 Å². The van der Waals surface area contributed by atoms with Gasteiger partial charge in [-0.3, -0.25) is 9.69 Å². The summed E-state index contributed by atoms with van der Waals surface area (Å²) in [6, 6.07) is 19.8. The van der Waals surface area contributed by atoms with Gasteiger partial charge in [-0.2, -0.15) is 0 Å². The normalized spacial score (nSPS) is 25.4. The lowest BCUT2D eigenvalue weighted by atomic mass is 9.69. The van der Waals surface area contributed by atoms with Gasteiger partial charge in [-0.05, 0) is 88.4 Å². The van der Waals surface area contributed by atoms with Crippen LogP contribution in [0.5, 0.6) is 0 Å². The van der Waals surface area contributed by atoms with Crippen LogP contribution in [0, 0.1) is 19.3 Å². The molecule has 1 aromatic heterocycles. The molecule has 39 heavy (non-hydrogen) atoms. The number of carbonyl (C=O) groups excluding carboxylic acids is 1. The number of aryl methyl sites for hydroxylation is 2. The Bertz CT molecular complexity index is 1310. The third-order valence-corrected chi connectivity index (χ3v) is 10.2. The van der Waals surface area contributed by atoms with Crippen molar-refractivity contribution in [2.24, 2.45) is 5.41 Å². The second-order valence-electron chi connectivity index (χ2n) is 13.7. The number of imidazole rings is 1. The number of hydrogen-bond acceptors (Lipinski definition) is 3. The largest absolute Gasteiger partial charge is 0.342 e. The first kappa shape index (κ1) is 26.6. The molecule has 0 aliphatic carbocycles. The molecule has 3 atom stereocenters. The Morgan fingerprint density at radius 2 is 1.56 bits per heavy atom. The highest BCUT2D eigenvalue weighted by Crippen LogP contribution is 2.45. The zero-order valence-electron chi connectivity index (χ0n) is 24.6. The summed E-state index contributed by atoms with van der Waals surface area (Å²) in [7, 11) is 0. The highest BCUT2D eigenvalue weighted by Gasteiger charge is 2.44. The van der Waals surface area contributed by atoms with Crippen molar-refractivity contribution in [1.29, 1.82) is 0 Å². The van der Waals surface area contributed by atoms with E-state index in [9.17, 15) is 4.79 Å². The summed E-state index contributed by atoms with van der Waals surface area (Å²) in [6.45, 7) is 13.4. The molecule has 3 aromatic rings. The van der Waals surface area contributed by atoms with E-state index in [4.69, 9.17) is 4.98 Å². The van der Waals surface area contributed by atoms with E-state index in [0.29, 0.717) is 24.0 Å². The van der Waals surface area contributed by atoms with Gasteiger partial charge in [0.15, 0.2) is 0 Å². The van der Waals surface area contributed by atoms with E-state index >= 15 is 0 Å². The number of amides is 1. The van der Waals surface area contributed by atoms with Gasteiger partial charge in [-0.15, -0.1) is 0 Å². The monoisotopic (exact) mass is 526 g/mol. The second-order valence-corrected chi connectivity index (χ2v) is 13.7. The minimum absolute atomic E-state index is 0.149. The predicted octanol–water partition coefficient (Wildman–Crippen LogP) is 6.82. The molecule has 0 radical (unpaired) electrons. The fraction of sp³-hybridized carbons (Fsp3) is 0.588. The second kappa shape index (κ2) is 10.1. The molecule has 2 bridgehead atoms. The zero-order valence-corrected chi connectivity index (χ0v) is 24.6. The lowest BCUT2D eigenvalue weighted by Gasteiger charge is -2.46. The summed E-state index contributed by atoms with van der Waals surface area (Å²) in [6.07, 6.45) is 8.38. The summed E-state index contributed by atoms with van der Waals surface area (Å²) >= 11 is 0. The molecule has 208 valence electrons. The Labute approximate surface area is 234 Å². The smallest absolute Gasteiger partial charge is 0.227 e. The van der Waals surface area contributed by atoms with Crippen molar-refractivity contribution in [3.63, 3.8) is 0 Å². The van der Waals surface area contributed by atoms with Crippen LogP contribution in [0.25, 0.3) is 11.0 Å². The first-order valence-electron chi connectivity index (χ1n) is 15.2. The van der Waals surface area contributed by atoms with Crippen LogP contribution in [0.1, 0.15) is 88.7 Å². The molecule has 0 saturated carbocycles. The maximum Gasteiger partial charge on any atom is 0.227 e. The topological polar surface area (TPSA) is 41.4 Å². The number of nitrogens with zero attached hydrogens (tertiary/aromatic N) is 4. The molecule has 5 heteroatoms. The Morgan fingerprint density at radius 3 is 2.21 bits per heavy atom. The van der Waals surface area contributed by atoms with Gasteiger partial charge < -0.3 is 9.47 Å². The van der Waals surface area contributed by atoms with Crippen molar-refractivity contribution < 1.29 is 4.79 Å². The van der Waals surface area contributed by atoms with Crippen LogP contribution in [-0.2, 0) is 10.2 Å². The standard InChI is InChI=1S/C34H46N4O/c1-24-10-12-26(13-11-24)34(16-19-36(20-17-34)32(39)33(3,4)5)18-21-37-27-14-15-28(37)23-29(22-27)38-25(2)35-30-8-6-7-9-31(30)38/h6-13,27-29H,14-23H2,1-5H3/t27-,28+,29+. The van der Waals surface area contributed by atoms with Gasteiger partial charge in [-0.1, -0.05) is 62.7 Å². The van der Waals surface area contributed by atoms with E-state index in [1.807, 2.05) is 20.8 Å². The SMILES string of the molecule is Cc1ccc(C2(CCN3[C@@H]4CC[C@H]3C[C@@H](n3c(C)nc5ccccc53)C4)CCN(C(=O)C(C)(C)C)CC2)cc1. The molecule has 0 N–H and O–H groups in total. The van der Waals surface area contributed by atoms with Gasteiger partial charge in [0.1, 0.15) is 5.82 Å². The Morgan fingerprint density at radius 1 is 0.923 bits per heavy atom. The van der Waals surface area contributed by atoms with Crippen LogP contribution in [0.15, 0.2) is 48.5 Å². The average Bonchev–Trinajstić information content (AvgIpc) is 3.37. The van der Waals surface area contributed by atoms with Crippen LogP contribution in [0.4, 0.5) is 0 Å². The van der Waals surface area contributed by atoms with Crippen LogP contribution < -0.4 is 0 Å². The lowest BCUT2D eigenvalue weighted by Crippen LogP contribution is -2.50. The zero-order chi connectivity index (χ0) is 27.4. The van der Waals surface area contributed by atoms with Gasteiger partial charge in [0, 0.05) is 36.6 Å². The number of piperidine rings is 2. The third kappa shape index (κ3) is 4.92. The maximum atomic E-state index is 13.1. The first-order chi connectivity index (χ1) is 18.6. The van der Waals surface area contributed by atoms with E-state index in [-0.39, 0.29) is 10.8 Å². The molecule has 5 nitrogen and oxygen atoms in total. The molecular formula is C34H46N4O. The van der Waals surface area contributed by atoms with E-state index < -0.39 is 0 Å². The molecule has 3 fully saturated rings. The molecule has 2 aromatic carbocycles. The Balaban J connectivity index is 1.19. The molecule has 3 aliphatic heterocycles. The van der Waals surface area contributed by atoms with Gasteiger partial charge in [0.05, 0.1) is 11.0 Å². The number of aromatic nitrogens is 2. The van der Waals surface area contributed by atoms with Gasteiger partial charge in [0.25, 0.3) is 0 Å². The summed E-state index contributed by atoms with van der Waals surface area (Å²) in [5.74, 6) is 1.45. The fourth-order valence-corrected chi connectivity index (χ4v) is 7.99. The van der Waals surface area contributed by atoms with Crippen LogP contribution in [-0.4, -0.2) is 57.0 Å². The van der Waals surface area contributed by atoms with E-state index in [1.54, 1.807) is 0 Å². The molecule has 3 saturated heterocycles. The van der Waals surface area contributed by atoms with Gasteiger partial charge in [-0.25, -0.2) is 4.98 Å². The van der Waals surface area contributed by atoms with Gasteiger partial charge in [0.2, 0.25) is 5.91 Å². The number of likely N-dealkylation sites (tertiary alicyclic amines) is 1. The summed E-state index contributed by atoms with van der Waals surface area (Å²) in [5.41, 5.74) is 5.04. The Kier molecular flexibility index (Phi) is 6.86. The van der Waals surface area contributed by atoms with E-state index in [1.165, 1.54) is 48.7 Å². The van der Waals surface area contributed by atoms with Crippen LogP contribution in [0.3, 0.4) is 0 Å². The van der Waals surface area contributed by atoms with Crippen molar-refractivity contribution in [3.05, 3.63) is 65.5 Å². The number of hydrogen-bond donors (Lipinski definition) is 0. The highest BCUT2D eigenvalue weighted by atomic mass is 16.2. The van der Waals surface area contributed by atoms with Crippen molar-refractivity contribution >= 4 is 16.9 Å². The van der Waals surface area contributed by atoms with Crippen molar-refractivity contribution in [2.75, 3.05) is 19.6 Å². The molecular weight excluding hydrogens is 480 g/mol. The predicted molar refractivity (Wildman–Crippen MR) is 159 cm³/mol. The molecule has 3 aliphatic rings. The van der Waals surface area contributed by atoms with Gasteiger partial charge >= 0.3 is 0 Å². The fourth-order valence-electron chi connectivity index (χ4n) is 7.99. The summed E-state index contributed by atoms with van der Waals surface area (Å²) < 4.78 is 2.54. The van der Waals surface area contributed by atoms with Crippen molar-refractivity contribution in [1.82, 2.24) is 19.4 Å². The Hall–Kier alpha value is -2.66. The number of fused-ring (bicyclic) bond motifs is 3. The number of carbonyl (C=O) groups is 1. The average molecular weight is 527 g/mol. The maximum absolute atomic E-state index is 13.1. The van der Waals surface area contributed by atoms with Crippen LogP contribution >= 0.6 is 0 Å². The summed E-state index contributed by atoms with van der Waals surface area (Å²) in [4.78, 5) is 22.9. The summed E-state index contributed by atoms with van der Waals surface area (Å²) in [5, 5.41) is 0. The first-order valence-corrected chi connectivity index (χ1v) is 15.2. The number of para-hydroxylation sites is 2. The minimum Gasteiger partial charge on any atom is -0.342 e. The lowest BCUT2D eigenvalue weighted by molar-refractivity contribution is -0.141. The highest BCUT2D eigenvalue weighted by molar-refractivity contribution is 5.81. The van der Waals surface area contributed by atoms with Crippen LogP contribution in [0.2, 0.25) is 0 Å². The number of rotatable bonds is 5. The van der Waals surface area contributed by atoms with E-state index in [2.05, 4.69) is 76.7 Å². The molecule has 0 unspecified atom stereocenters. The molecule has 6 rings (SSSR count). The molecule has 0 spiro atoms. The quantitative estimate of drug-likeness (QED) is 0.366. The number of benzene rings is 2. The van der Waals surface area contributed by atoms with Crippen molar-refractivity contribution in [3.8, 4) is 0 Å². The molecule has 1 amide bonds. The third-order valence-electron chi connectivity index (χ3n) is 10.2. The van der Waals surface area contributed by atoms with Crippen molar-refractivity contribution in [2.45, 2.75) is 103 Å².